The average molecular weight is 423 g/mol. The maximum absolute atomic E-state index is 13.1. The van der Waals surface area contributed by atoms with Gasteiger partial charge in [-0.25, -0.2) is 4.98 Å². The van der Waals surface area contributed by atoms with Crippen molar-refractivity contribution in [1.29, 1.82) is 0 Å². The Labute approximate surface area is 170 Å². The second kappa shape index (κ2) is 8.21. The highest BCUT2D eigenvalue weighted by Gasteiger charge is 2.51. The normalized spacial score (nSPS) is 18.4. The van der Waals surface area contributed by atoms with Crippen molar-refractivity contribution < 1.29 is 32.2 Å². The van der Waals surface area contributed by atoms with Gasteiger partial charge in [0.2, 0.25) is 0 Å². The Balaban J connectivity index is 1.81. The molecule has 10 heteroatoms. The first kappa shape index (κ1) is 21.4. The van der Waals surface area contributed by atoms with Gasteiger partial charge in [0.15, 0.2) is 11.6 Å². The molecular weight excluding hydrogens is 403 g/mol. The lowest BCUT2D eigenvalue weighted by Gasteiger charge is -2.38. The molecule has 0 radical (unpaired) electrons. The Morgan fingerprint density at radius 1 is 1.27 bits per heavy atom. The summed E-state index contributed by atoms with van der Waals surface area (Å²) in [7, 11) is 0. The predicted octanol–water partition coefficient (Wildman–Crippen LogP) is 3.90. The fourth-order valence-corrected chi connectivity index (χ4v) is 2.94. The van der Waals surface area contributed by atoms with Gasteiger partial charge in [-0.05, 0) is 49.7 Å². The van der Waals surface area contributed by atoms with Crippen molar-refractivity contribution in [2.75, 3.05) is 16.8 Å². The Hall–Kier alpha value is -3.30. The van der Waals surface area contributed by atoms with Crippen LogP contribution in [0.1, 0.15) is 26.7 Å². The molecule has 1 N–H and O–H groups in total. The monoisotopic (exact) mass is 423 g/mol. The fraction of sp³-hybridized carbons (Fsp3) is 0.350. The number of ether oxygens (including phenoxy) is 2. The molecule has 3 rings (SSSR count). The summed E-state index contributed by atoms with van der Waals surface area (Å²) in [4.78, 5) is 31.7. The van der Waals surface area contributed by atoms with Gasteiger partial charge in [0.1, 0.15) is 5.75 Å². The number of pyridine rings is 1. The standard InChI is InChI=1S/C20H20F3N3O4/c1-3-4-12-26-16-15(6-5-11-24-16)30-19(2,18(26)28)17(27)25-13-7-9-14(10-8-13)29-20(21,22)23/h5-11H,3-4,12H2,1-2H3,(H,25,27)/t19-/m1/s1. The summed E-state index contributed by atoms with van der Waals surface area (Å²) in [5.74, 6) is -1.12. The quantitative estimate of drug-likeness (QED) is 0.713. The van der Waals surface area contributed by atoms with Crippen molar-refractivity contribution >= 4 is 23.3 Å². The van der Waals surface area contributed by atoms with Crippen LogP contribution in [0.15, 0.2) is 42.6 Å². The molecule has 1 aromatic heterocycles. The molecule has 0 saturated carbocycles. The third-order valence-corrected chi connectivity index (χ3v) is 4.49. The Morgan fingerprint density at radius 3 is 2.60 bits per heavy atom. The van der Waals surface area contributed by atoms with Crippen LogP contribution in [0.3, 0.4) is 0 Å². The van der Waals surface area contributed by atoms with Crippen LogP contribution < -0.4 is 19.7 Å². The van der Waals surface area contributed by atoms with Crippen molar-refractivity contribution in [3.05, 3.63) is 42.6 Å². The number of alkyl halides is 3. The van der Waals surface area contributed by atoms with Crippen LogP contribution in [0.5, 0.6) is 11.5 Å². The summed E-state index contributed by atoms with van der Waals surface area (Å²) in [5.41, 5.74) is -1.69. The molecule has 0 unspecified atom stereocenters. The number of nitrogens with one attached hydrogen (secondary N) is 1. The number of halogens is 3. The summed E-state index contributed by atoms with van der Waals surface area (Å²) in [6.45, 7) is 3.69. The Kier molecular flexibility index (Phi) is 5.86. The number of hydrogen-bond donors (Lipinski definition) is 1. The van der Waals surface area contributed by atoms with Crippen LogP contribution in [-0.4, -0.2) is 35.3 Å². The van der Waals surface area contributed by atoms with Crippen LogP contribution >= 0.6 is 0 Å². The van der Waals surface area contributed by atoms with Crippen molar-refractivity contribution in [2.45, 2.75) is 38.7 Å². The van der Waals surface area contributed by atoms with E-state index < -0.39 is 29.5 Å². The number of hydrogen-bond acceptors (Lipinski definition) is 5. The molecule has 7 nitrogen and oxygen atoms in total. The van der Waals surface area contributed by atoms with E-state index in [4.69, 9.17) is 4.74 Å². The Bertz CT molecular complexity index is 934. The van der Waals surface area contributed by atoms with Crippen LogP contribution in [0, 0.1) is 0 Å². The van der Waals surface area contributed by atoms with E-state index in [1.54, 1.807) is 12.1 Å². The van der Waals surface area contributed by atoms with E-state index in [0.717, 1.165) is 18.6 Å². The van der Waals surface area contributed by atoms with E-state index in [2.05, 4.69) is 15.0 Å². The highest BCUT2D eigenvalue weighted by Crippen LogP contribution is 2.36. The van der Waals surface area contributed by atoms with Crippen LogP contribution in [-0.2, 0) is 9.59 Å². The second-order valence-corrected chi connectivity index (χ2v) is 6.80. The lowest BCUT2D eigenvalue weighted by atomic mass is 10.0. The van der Waals surface area contributed by atoms with Crippen molar-refractivity contribution in [3.63, 3.8) is 0 Å². The van der Waals surface area contributed by atoms with Gasteiger partial charge in [-0.1, -0.05) is 13.3 Å². The average Bonchev–Trinajstić information content (AvgIpc) is 2.69. The summed E-state index contributed by atoms with van der Waals surface area (Å²) in [6, 6.07) is 7.83. The molecule has 0 saturated heterocycles. The van der Waals surface area contributed by atoms with E-state index in [9.17, 15) is 22.8 Å². The Morgan fingerprint density at radius 2 is 1.97 bits per heavy atom. The minimum Gasteiger partial charge on any atom is -0.464 e. The molecule has 0 spiro atoms. The van der Waals surface area contributed by atoms with Gasteiger partial charge >= 0.3 is 6.36 Å². The fourth-order valence-electron chi connectivity index (χ4n) is 2.94. The van der Waals surface area contributed by atoms with Crippen molar-refractivity contribution in [2.24, 2.45) is 0 Å². The molecule has 30 heavy (non-hydrogen) atoms. The minimum absolute atomic E-state index is 0.184. The molecule has 1 atom stereocenters. The van der Waals surface area contributed by atoms with E-state index in [-0.39, 0.29) is 5.69 Å². The van der Waals surface area contributed by atoms with E-state index in [1.165, 1.54) is 30.2 Å². The zero-order chi connectivity index (χ0) is 21.9. The first-order valence-corrected chi connectivity index (χ1v) is 9.27. The third-order valence-electron chi connectivity index (χ3n) is 4.49. The first-order valence-electron chi connectivity index (χ1n) is 9.27. The van der Waals surface area contributed by atoms with Gasteiger partial charge in [0.05, 0.1) is 0 Å². The maximum atomic E-state index is 13.1. The molecule has 0 bridgehead atoms. The number of unbranched alkanes of at least 4 members (excludes halogenated alkanes) is 1. The number of nitrogens with zero attached hydrogens (tertiary/aromatic N) is 2. The maximum Gasteiger partial charge on any atom is 0.573 e. The first-order chi connectivity index (χ1) is 14.1. The highest BCUT2D eigenvalue weighted by atomic mass is 19.4. The van der Waals surface area contributed by atoms with Crippen LogP contribution in [0.25, 0.3) is 0 Å². The van der Waals surface area contributed by atoms with Gasteiger partial charge in [0.25, 0.3) is 17.4 Å². The molecule has 0 aliphatic carbocycles. The summed E-state index contributed by atoms with van der Waals surface area (Å²) >= 11 is 0. The van der Waals surface area contributed by atoms with Gasteiger partial charge in [-0.15, -0.1) is 13.2 Å². The largest absolute Gasteiger partial charge is 0.573 e. The number of carbonyl (C=O) groups is 2. The lowest BCUT2D eigenvalue weighted by molar-refractivity contribution is -0.274. The molecule has 1 aliphatic rings. The predicted molar refractivity (Wildman–Crippen MR) is 102 cm³/mol. The number of carbonyl (C=O) groups excluding carboxylic acids is 2. The number of anilines is 2. The second-order valence-electron chi connectivity index (χ2n) is 6.80. The molecular formula is C20H20F3N3O4. The van der Waals surface area contributed by atoms with E-state index in [1.807, 2.05) is 6.92 Å². The summed E-state index contributed by atoms with van der Waals surface area (Å²) < 4.78 is 46.4. The minimum atomic E-state index is -4.82. The van der Waals surface area contributed by atoms with Crippen molar-refractivity contribution in [3.8, 4) is 11.5 Å². The summed E-state index contributed by atoms with van der Waals surface area (Å²) in [6.07, 6.45) is -1.74. The highest BCUT2D eigenvalue weighted by molar-refractivity contribution is 6.19. The number of benzene rings is 1. The number of amides is 2. The van der Waals surface area contributed by atoms with Gasteiger partial charge in [-0.3, -0.25) is 14.5 Å². The molecule has 2 heterocycles. The smallest absolute Gasteiger partial charge is 0.464 e. The molecule has 2 aromatic rings. The van der Waals surface area contributed by atoms with Crippen LogP contribution in [0.4, 0.5) is 24.7 Å². The number of rotatable bonds is 6. The molecule has 1 aliphatic heterocycles. The number of aromatic nitrogens is 1. The zero-order valence-electron chi connectivity index (χ0n) is 16.3. The van der Waals surface area contributed by atoms with E-state index >= 15 is 0 Å². The molecule has 0 fully saturated rings. The number of fused-ring (bicyclic) bond motifs is 1. The van der Waals surface area contributed by atoms with E-state index in [0.29, 0.717) is 24.5 Å². The van der Waals surface area contributed by atoms with Gasteiger partial charge < -0.3 is 14.8 Å². The summed E-state index contributed by atoms with van der Waals surface area (Å²) in [5, 5.41) is 2.51. The molecule has 160 valence electrons. The van der Waals surface area contributed by atoms with Gasteiger partial charge in [-0.2, -0.15) is 0 Å². The van der Waals surface area contributed by atoms with Crippen molar-refractivity contribution in [1.82, 2.24) is 4.98 Å². The third kappa shape index (κ3) is 4.47. The zero-order valence-corrected chi connectivity index (χ0v) is 16.3. The van der Waals surface area contributed by atoms with Crippen LogP contribution in [0.2, 0.25) is 0 Å². The molecule has 2 amide bonds. The SMILES string of the molecule is CCCCN1C(=O)[C@@](C)(C(=O)Nc2ccc(OC(F)(F)F)cc2)Oc2cccnc21. The topological polar surface area (TPSA) is 80.8 Å². The lowest BCUT2D eigenvalue weighted by Crippen LogP contribution is -2.61. The van der Waals surface area contributed by atoms with Gasteiger partial charge in [0, 0.05) is 18.4 Å². The molecule has 1 aromatic carbocycles.